The molecule has 0 spiro atoms. The van der Waals surface area contributed by atoms with Crippen LogP contribution in [0.25, 0.3) is 0 Å². The molecule has 1 aromatic carbocycles. The third-order valence-corrected chi connectivity index (χ3v) is 4.10. The van der Waals surface area contributed by atoms with E-state index in [0.717, 1.165) is 24.6 Å². The molecule has 0 N–H and O–H groups in total. The van der Waals surface area contributed by atoms with Crippen LogP contribution in [-0.2, 0) is 0 Å². The quantitative estimate of drug-likeness (QED) is 0.770. The number of hydrogen-bond donors (Lipinski definition) is 0. The molecule has 0 saturated carbocycles. The minimum absolute atomic E-state index is 0.654. The zero-order valence-electron chi connectivity index (χ0n) is 12.5. The fourth-order valence-corrected chi connectivity index (χ4v) is 2.90. The molecule has 0 radical (unpaired) electrons. The van der Waals surface area contributed by atoms with Crippen LogP contribution in [0.1, 0.15) is 38.7 Å². The van der Waals surface area contributed by atoms with Crippen molar-refractivity contribution in [2.45, 2.75) is 39.2 Å². The topological polar surface area (TPSA) is 36.3 Å². The smallest absolute Gasteiger partial charge is 0.120 e. The molecule has 1 fully saturated rings. The molecule has 2 atom stereocenters. The average molecular weight is 272 g/mol. The lowest BCUT2D eigenvalue weighted by molar-refractivity contribution is 0.121. The van der Waals surface area contributed by atoms with Gasteiger partial charge in [-0.2, -0.15) is 5.26 Å². The van der Waals surface area contributed by atoms with Gasteiger partial charge in [0, 0.05) is 12.6 Å². The zero-order chi connectivity index (χ0) is 14.4. The van der Waals surface area contributed by atoms with E-state index in [2.05, 4.69) is 24.8 Å². The molecule has 1 aromatic rings. The van der Waals surface area contributed by atoms with Crippen molar-refractivity contribution >= 4 is 0 Å². The Kier molecular flexibility index (Phi) is 5.43. The second kappa shape index (κ2) is 7.31. The first-order chi connectivity index (χ1) is 9.69. The summed E-state index contributed by atoms with van der Waals surface area (Å²) in [6.45, 7) is 7.71. The average Bonchev–Trinajstić information content (AvgIpc) is 2.45. The second-order valence-electron chi connectivity index (χ2n) is 5.86. The molecular weight excluding hydrogens is 248 g/mol. The highest BCUT2D eigenvalue weighted by Crippen LogP contribution is 2.22. The molecule has 0 bridgehead atoms. The highest BCUT2D eigenvalue weighted by molar-refractivity contribution is 5.36. The number of rotatable bonds is 5. The zero-order valence-corrected chi connectivity index (χ0v) is 12.5. The number of ether oxygens (including phenoxy) is 1. The fraction of sp³-hybridized carbons (Fsp3) is 0.588. The van der Waals surface area contributed by atoms with Gasteiger partial charge in [-0.05, 0) is 56.8 Å². The minimum atomic E-state index is 0.654. The van der Waals surface area contributed by atoms with E-state index in [0.29, 0.717) is 18.2 Å². The van der Waals surface area contributed by atoms with Crippen LogP contribution in [0.3, 0.4) is 0 Å². The van der Waals surface area contributed by atoms with Crippen LogP contribution in [0.15, 0.2) is 24.3 Å². The Bertz CT molecular complexity index is 466. The van der Waals surface area contributed by atoms with Gasteiger partial charge in [0.2, 0.25) is 0 Å². The monoisotopic (exact) mass is 272 g/mol. The van der Waals surface area contributed by atoms with Gasteiger partial charge >= 0.3 is 0 Å². The molecular formula is C17H24N2O. The normalized spacial score (nSPS) is 23.2. The van der Waals surface area contributed by atoms with E-state index < -0.39 is 0 Å². The van der Waals surface area contributed by atoms with E-state index in [9.17, 15) is 0 Å². The van der Waals surface area contributed by atoms with Gasteiger partial charge < -0.3 is 9.64 Å². The maximum absolute atomic E-state index is 8.84. The van der Waals surface area contributed by atoms with Crippen molar-refractivity contribution in [1.82, 2.24) is 4.90 Å². The first-order valence-electron chi connectivity index (χ1n) is 7.56. The van der Waals surface area contributed by atoms with Crippen LogP contribution in [0.4, 0.5) is 0 Å². The molecule has 1 heterocycles. The summed E-state index contributed by atoms with van der Waals surface area (Å²) >= 11 is 0. The molecule has 1 aliphatic rings. The molecule has 1 aliphatic heterocycles. The molecule has 0 aliphatic carbocycles. The minimum Gasteiger partial charge on any atom is -0.494 e. The van der Waals surface area contributed by atoms with Crippen LogP contribution >= 0.6 is 0 Å². The van der Waals surface area contributed by atoms with Gasteiger partial charge in [0.05, 0.1) is 18.2 Å². The lowest BCUT2D eigenvalue weighted by Crippen LogP contribution is -2.41. The molecule has 3 nitrogen and oxygen atoms in total. The summed E-state index contributed by atoms with van der Waals surface area (Å²) in [5.41, 5.74) is 0.654. The van der Waals surface area contributed by atoms with Crippen molar-refractivity contribution in [1.29, 1.82) is 5.26 Å². The van der Waals surface area contributed by atoms with Crippen molar-refractivity contribution in [2.24, 2.45) is 5.92 Å². The summed E-state index contributed by atoms with van der Waals surface area (Å²) < 4.78 is 5.72. The van der Waals surface area contributed by atoms with Crippen molar-refractivity contribution in [3.63, 3.8) is 0 Å². The third kappa shape index (κ3) is 4.25. The number of likely N-dealkylation sites (tertiary alicyclic amines) is 1. The Morgan fingerprint density at radius 3 is 3.00 bits per heavy atom. The van der Waals surface area contributed by atoms with Gasteiger partial charge in [0.25, 0.3) is 0 Å². The Morgan fingerprint density at radius 2 is 2.25 bits per heavy atom. The predicted octanol–water partition coefficient (Wildman–Crippen LogP) is 3.45. The molecule has 0 amide bonds. The number of nitriles is 1. The first-order valence-corrected chi connectivity index (χ1v) is 7.56. The number of piperidine rings is 1. The molecule has 20 heavy (non-hydrogen) atoms. The molecule has 0 aromatic heterocycles. The number of hydrogen-bond acceptors (Lipinski definition) is 3. The summed E-state index contributed by atoms with van der Waals surface area (Å²) in [6, 6.07) is 10.2. The summed E-state index contributed by atoms with van der Waals surface area (Å²) in [4.78, 5) is 2.56. The summed E-state index contributed by atoms with van der Waals surface area (Å²) in [5.74, 6) is 1.66. The Hall–Kier alpha value is -1.53. The standard InChI is InChI=1S/C17H24N2O/c1-14-7-9-19(15(2)11-14)8-4-10-20-17-6-3-5-16(12-17)13-18/h3,5-6,12,14-15H,4,7-11H2,1-2H3. The molecule has 2 unspecified atom stereocenters. The molecule has 3 heteroatoms. The Labute approximate surface area is 122 Å². The van der Waals surface area contributed by atoms with E-state index in [4.69, 9.17) is 10.00 Å². The summed E-state index contributed by atoms with van der Waals surface area (Å²) in [6.07, 6.45) is 3.66. The van der Waals surface area contributed by atoms with E-state index >= 15 is 0 Å². The van der Waals surface area contributed by atoms with Gasteiger partial charge in [-0.3, -0.25) is 0 Å². The maximum atomic E-state index is 8.84. The molecule has 2 rings (SSSR count). The second-order valence-corrected chi connectivity index (χ2v) is 5.86. The summed E-state index contributed by atoms with van der Waals surface area (Å²) in [5, 5.41) is 8.84. The van der Waals surface area contributed by atoms with E-state index in [1.165, 1.54) is 19.4 Å². The van der Waals surface area contributed by atoms with Gasteiger partial charge in [-0.25, -0.2) is 0 Å². The maximum Gasteiger partial charge on any atom is 0.120 e. The Morgan fingerprint density at radius 1 is 1.40 bits per heavy atom. The SMILES string of the molecule is CC1CCN(CCCOc2cccc(C#N)c2)C(C)C1. The largest absolute Gasteiger partial charge is 0.494 e. The predicted molar refractivity (Wildman–Crippen MR) is 80.7 cm³/mol. The van der Waals surface area contributed by atoms with Gasteiger partial charge in [-0.1, -0.05) is 13.0 Å². The van der Waals surface area contributed by atoms with Crippen LogP contribution < -0.4 is 4.74 Å². The van der Waals surface area contributed by atoms with Crippen LogP contribution in [0, 0.1) is 17.2 Å². The Balaban J connectivity index is 1.70. The van der Waals surface area contributed by atoms with Crippen molar-refractivity contribution in [2.75, 3.05) is 19.7 Å². The summed E-state index contributed by atoms with van der Waals surface area (Å²) in [7, 11) is 0. The van der Waals surface area contributed by atoms with E-state index in [-0.39, 0.29) is 0 Å². The lowest BCUT2D eigenvalue weighted by Gasteiger charge is -2.36. The van der Waals surface area contributed by atoms with Crippen molar-refractivity contribution < 1.29 is 4.74 Å². The highest BCUT2D eigenvalue weighted by Gasteiger charge is 2.21. The number of nitrogens with zero attached hydrogens (tertiary/aromatic N) is 2. The van der Waals surface area contributed by atoms with Crippen LogP contribution in [0.2, 0.25) is 0 Å². The third-order valence-electron chi connectivity index (χ3n) is 4.10. The molecule has 108 valence electrons. The van der Waals surface area contributed by atoms with Crippen LogP contribution in [0.5, 0.6) is 5.75 Å². The van der Waals surface area contributed by atoms with E-state index in [1.807, 2.05) is 12.1 Å². The van der Waals surface area contributed by atoms with Gasteiger partial charge in [0.15, 0.2) is 0 Å². The van der Waals surface area contributed by atoms with Gasteiger partial charge in [-0.15, -0.1) is 0 Å². The number of benzene rings is 1. The van der Waals surface area contributed by atoms with Gasteiger partial charge in [0.1, 0.15) is 5.75 Å². The first kappa shape index (κ1) is 14.9. The molecule has 1 saturated heterocycles. The fourth-order valence-electron chi connectivity index (χ4n) is 2.90. The van der Waals surface area contributed by atoms with Crippen LogP contribution in [-0.4, -0.2) is 30.6 Å². The lowest BCUT2D eigenvalue weighted by atomic mass is 9.93. The highest BCUT2D eigenvalue weighted by atomic mass is 16.5. The van der Waals surface area contributed by atoms with Crippen molar-refractivity contribution in [3.05, 3.63) is 29.8 Å². The van der Waals surface area contributed by atoms with E-state index in [1.54, 1.807) is 12.1 Å². The van der Waals surface area contributed by atoms with Crippen molar-refractivity contribution in [3.8, 4) is 11.8 Å².